The molecule has 2 N–H and O–H groups in total. The standard InChI is InChI=1S/C26H30N2O3/c1-17-14-22(31-2)21(20-10-13-27-23(17)20)15-28-16-26(11-4-3-5-12-26)24(28)18-6-8-19(9-7-18)25(29)30/h6-10,13-14,24,27H,3-5,11-12,15-16H2,1-2H3,(H,29,30). The van der Waals surface area contributed by atoms with Crippen LogP contribution in [0.25, 0.3) is 10.9 Å². The molecule has 1 saturated heterocycles. The lowest BCUT2D eigenvalue weighted by molar-refractivity contribution is -0.106. The number of rotatable bonds is 5. The second-order valence-corrected chi connectivity index (χ2v) is 9.30. The molecule has 162 valence electrons. The Labute approximate surface area is 183 Å². The van der Waals surface area contributed by atoms with Crippen molar-refractivity contribution in [3.8, 4) is 5.75 Å². The zero-order valence-corrected chi connectivity index (χ0v) is 18.3. The van der Waals surface area contributed by atoms with E-state index in [9.17, 15) is 9.90 Å². The summed E-state index contributed by atoms with van der Waals surface area (Å²) in [5.41, 5.74) is 5.47. The Morgan fingerprint density at radius 2 is 1.94 bits per heavy atom. The molecule has 3 aromatic rings. The average Bonchev–Trinajstić information content (AvgIpc) is 3.26. The Morgan fingerprint density at radius 1 is 1.19 bits per heavy atom. The summed E-state index contributed by atoms with van der Waals surface area (Å²) in [5.74, 6) is 0.0674. The van der Waals surface area contributed by atoms with Crippen LogP contribution < -0.4 is 4.74 Å². The minimum absolute atomic E-state index is 0.304. The fraction of sp³-hybridized carbons (Fsp3) is 0.423. The van der Waals surface area contributed by atoms with Gasteiger partial charge in [0.2, 0.25) is 0 Å². The van der Waals surface area contributed by atoms with Gasteiger partial charge in [-0.25, -0.2) is 4.79 Å². The Hall–Kier alpha value is -2.79. The van der Waals surface area contributed by atoms with Gasteiger partial charge in [-0.1, -0.05) is 31.4 Å². The van der Waals surface area contributed by atoms with Crippen LogP contribution in [0.4, 0.5) is 0 Å². The molecule has 5 heteroatoms. The van der Waals surface area contributed by atoms with Crippen LogP contribution in [0.3, 0.4) is 0 Å². The number of aromatic carboxylic acids is 1. The van der Waals surface area contributed by atoms with E-state index in [0.717, 1.165) is 18.8 Å². The third kappa shape index (κ3) is 3.32. The number of nitrogens with one attached hydrogen (secondary N) is 1. The summed E-state index contributed by atoms with van der Waals surface area (Å²) in [6, 6.07) is 12.1. The Morgan fingerprint density at radius 3 is 2.61 bits per heavy atom. The van der Waals surface area contributed by atoms with Crippen molar-refractivity contribution in [3.05, 3.63) is 64.8 Å². The van der Waals surface area contributed by atoms with Gasteiger partial charge in [0.1, 0.15) is 5.75 Å². The van der Waals surface area contributed by atoms with Crippen LogP contribution in [0.2, 0.25) is 0 Å². The van der Waals surface area contributed by atoms with Crippen molar-refractivity contribution in [3.63, 3.8) is 0 Å². The lowest BCUT2D eigenvalue weighted by Gasteiger charge is -2.60. The molecule has 2 heterocycles. The number of hydrogen-bond donors (Lipinski definition) is 2. The van der Waals surface area contributed by atoms with Crippen LogP contribution in [-0.2, 0) is 6.54 Å². The smallest absolute Gasteiger partial charge is 0.335 e. The van der Waals surface area contributed by atoms with Crippen LogP contribution in [0.5, 0.6) is 5.75 Å². The monoisotopic (exact) mass is 418 g/mol. The molecule has 1 unspecified atom stereocenters. The SMILES string of the molecule is COc1cc(C)c2[nH]ccc2c1CN1CC2(CCCCC2)C1c1ccc(C(=O)O)cc1. The number of carbonyl (C=O) groups is 1. The number of fused-ring (bicyclic) bond motifs is 1. The van der Waals surface area contributed by atoms with Gasteiger partial charge in [-0.2, -0.15) is 0 Å². The zero-order chi connectivity index (χ0) is 21.6. The van der Waals surface area contributed by atoms with Crippen LogP contribution in [0, 0.1) is 12.3 Å². The molecule has 31 heavy (non-hydrogen) atoms. The maximum absolute atomic E-state index is 11.3. The van der Waals surface area contributed by atoms with Crippen LogP contribution in [-0.4, -0.2) is 34.6 Å². The highest BCUT2D eigenvalue weighted by Gasteiger charge is 2.52. The molecule has 1 saturated carbocycles. The Balaban J connectivity index is 1.52. The van der Waals surface area contributed by atoms with Crippen molar-refractivity contribution in [2.24, 2.45) is 5.41 Å². The highest BCUT2D eigenvalue weighted by molar-refractivity contribution is 5.88. The number of carboxylic acids is 1. The molecular formula is C26H30N2O3. The van der Waals surface area contributed by atoms with Gasteiger partial charge in [0, 0.05) is 47.2 Å². The predicted molar refractivity (Wildman–Crippen MR) is 122 cm³/mol. The summed E-state index contributed by atoms with van der Waals surface area (Å²) in [5, 5.41) is 10.5. The van der Waals surface area contributed by atoms with Crippen molar-refractivity contribution < 1.29 is 14.6 Å². The first kappa shape index (κ1) is 20.1. The molecule has 5 rings (SSSR count). The first-order valence-electron chi connectivity index (χ1n) is 11.2. The molecule has 1 spiro atoms. The van der Waals surface area contributed by atoms with Gasteiger partial charge < -0.3 is 14.8 Å². The van der Waals surface area contributed by atoms with Crippen molar-refractivity contribution in [2.75, 3.05) is 13.7 Å². The summed E-state index contributed by atoms with van der Waals surface area (Å²) in [6.07, 6.45) is 8.39. The number of methoxy groups -OCH3 is 1. The summed E-state index contributed by atoms with van der Waals surface area (Å²) >= 11 is 0. The Kier molecular flexibility index (Phi) is 5.01. The van der Waals surface area contributed by atoms with E-state index in [1.54, 1.807) is 19.2 Å². The summed E-state index contributed by atoms with van der Waals surface area (Å²) in [4.78, 5) is 17.3. The molecule has 0 amide bonds. The van der Waals surface area contributed by atoms with E-state index in [0.29, 0.717) is 17.0 Å². The molecule has 0 radical (unpaired) electrons. The second-order valence-electron chi connectivity index (χ2n) is 9.30. The molecular weight excluding hydrogens is 388 g/mol. The third-order valence-corrected chi connectivity index (χ3v) is 7.48. The normalized spacial score (nSPS) is 20.6. The average molecular weight is 419 g/mol. The van der Waals surface area contributed by atoms with E-state index in [1.807, 2.05) is 18.3 Å². The van der Waals surface area contributed by atoms with E-state index in [-0.39, 0.29) is 0 Å². The van der Waals surface area contributed by atoms with Crippen LogP contribution >= 0.6 is 0 Å². The topological polar surface area (TPSA) is 65.6 Å². The fourth-order valence-corrected chi connectivity index (χ4v) is 6.05. The van der Waals surface area contributed by atoms with Gasteiger partial charge in [-0.3, -0.25) is 4.90 Å². The number of hydrogen-bond acceptors (Lipinski definition) is 3. The zero-order valence-electron chi connectivity index (χ0n) is 18.3. The predicted octanol–water partition coefficient (Wildman–Crippen LogP) is 5.69. The quantitative estimate of drug-likeness (QED) is 0.559. The number of ether oxygens (including phenoxy) is 1. The van der Waals surface area contributed by atoms with Crippen molar-refractivity contribution in [1.82, 2.24) is 9.88 Å². The largest absolute Gasteiger partial charge is 0.496 e. The summed E-state index contributed by atoms with van der Waals surface area (Å²) in [7, 11) is 1.75. The van der Waals surface area contributed by atoms with Crippen molar-refractivity contribution in [2.45, 2.75) is 51.6 Å². The van der Waals surface area contributed by atoms with Gasteiger partial charge in [0.05, 0.1) is 12.7 Å². The lowest BCUT2D eigenvalue weighted by Crippen LogP contribution is -2.58. The van der Waals surface area contributed by atoms with Crippen LogP contribution in [0.15, 0.2) is 42.6 Å². The van der Waals surface area contributed by atoms with E-state index >= 15 is 0 Å². The number of nitrogens with zero attached hydrogens (tertiary/aromatic N) is 1. The number of aromatic amines is 1. The fourth-order valence-electron chi connectivity index (χ4n) is 6.05. The number of carboxylic acid groups (broad SMARTS) is 1. The maximum Gasteiger partial charge on any atom is 0.335 e. The van der Waals surface area contributed by atoms with E-state index < -0.39 is 5.97 Å². The van der Waals surface area contributed by atoms with E-state index in [4.69, 9.17) is 4.74 Å². The molecule has 2 fully saturated rings. The number of likely N-dealkylation sites (tertiary alicyclic amines) is 1. The van der Waals surface area contributed by atoms with Gasteiger partial charge in [-0.05, 0) is 55.2 Å². The lowest BCUT2D eigenvalue weighted by atomic mass is 9.61. The summed E-state index contributed by atoms with van der Waals surface area (Å²) in [6.45, 7) is 4.02. The molecule has 2 aromatic carbocycles. The second kappa shape index (κ2) is 7.72. The number of benzene rings is 2. The first-order valence-corrected chi connectivity index (χ1v) is 11.2. The minimum Gasteiger partial charge on any atom is -0.496 e. The van der Waals surface area contributed by atoms with Crippen molar-refractivity contribution >= 4 is 16.9 Å². The number of aromatic nitrogens is 1. The highest BCUT2D eigenvalue weighted by atomic mass is 16.5. The Bertz CT molecular complexity index is 1110. The van der Waals surface area contributed by atoms with Gasteiger partial charge in [-0.15, -0.1) is 0 Å². The first-order chi connectivity index (χ1) is 15.0. The third-order valence-electron chi connectivity index (χ3n) is 7.48. The molecule has 1 aliphatic carbocycles. The van der Waals surface area contributed by atoms with Gasteiger partial charge in [0.15, 0.2) is 0 Å². The van der Waals surface area contributed by atoms with E-state index in [2.05, 4.69) is 28.9 Å². The highest BCUT2D eigenvalue weighted by Crippen LogP contribution is 2.57. The minimum atomic E-state index is -0.872. The van der Waals surface area contributed by atoms with Gasteiger partial charge >= 0.3 is 5.97 Å². The molecule has 1 aliphatic heterocycles. The molecule has 0 bridgehead atoms. The number of aryl methyl sites for hydroxylation is 1. The summed E-state index contributed by atoms with van der Waals surface area (Å²) < 4.78 is 5.79. The number of H-pyrrole nitrogens is 1. The molecule has 1 aromatic heterocycles. The van der Waals surface area contributed by atoms with Crippen LogP contribution in [0.1, 0.15) is 65.2 Å². The van der Waals surface area contributed by atoms with E-state index in [1.165, 1.54) is 59.7 Å². The van der Waals surface area contributed by atoms with Crippen molar-refractivity contribution in [1.29, 1.82) is 0 Å². The molecule has 1 atom stereocenters. The maximum atomic E-state index is 11.3. The van der Waals surface area contributed by atoms with Gasteiger partial charge in [0.25, 0.3) is 0 Å². The molecule has 2 aliphatic rings. The molecule has 5 nitrogen and oxygen atoms in total.